The van der Waals surface area contributed by atoms with E-state index < -0.39 is 0 Å². The molecule has 0 saturated carbocycles. The quantitative estimate of drug-likeness (QED) is 0.149. The molecule has 0 bridgehead atoms. The van der Waals surface area contributed by atoms with E-state index in [0.29, 0.717) is 0 Å². The van der Waals surface area contributed by atoms with E-state index in [1.807, 2.05) is 0 Å². The predicted octanol–water partition coefficient (Wildman–Crippen LogP) is 24.1. The Morgan fingerprint density at radius 3 is 1.12 bits per heavy atom. The fraction of sp³-hybridized carbons (Fsp3) is 0. The van der Waals surface area contributed by atoms with Crippen molar-refractivity contribution >= 4 is 109 Å². The minimum atomic E-state index is 0.872. The van der Waals surface area contributed by atoms with Gasteiger partial charge in [-0.3, -0.25) is 0 Å². The molecule has 16 aromatic carbocycles. The molecule has 0 amide bonds. The van der Waals surface area contributed by atoms with Gasteiger partial charge < -0.3 is 8.83 Å². The Bertz CT molecular complexity index is 5700. The Morgan fingerprint density at radius 2 is 0.500 bits per heavy atom. The van der Waals surface area contributed by atoms with Crippen LogP contribution >= 0.6 is 0 Å². The van der Waals surface area contributed by atoms with Gasteiger partial charge in [0.15, 0.2) is 0 Å². The highest BCUT2D eigenvalue weighted by Gasteiger charge is 2.26. The first-order valence-electron chi connectivity index (χ1n) is 29.6. The van der Waals surface area contributed by atoms with Gasteiger partial charge in [-0.25, -0.2) is 0 Å². The molecule has 2 heteroatoms. The van der Waals surface area contributed by atoms with Gasteiger partial charge in [-0.15, -0.1) is 0 Å². The summed E-state index contributed by atoms with van der Waals surface area (Å²) < 4.78 is 13.9. The van der Waals surface area contributed by atoms with Gasteiger partial charge in [0, 0.05) is 32.7 Å². The number of benzene rings is 16. The van der Waals surface area contributed by atoms with Crippen molar-refractivity contribution in [3.05, 3.63) is 303 Å². The molecule has 18 rings (SSSR count). The largest absolute Gasteiger partial charge is 0.455 e. The summed E-state index contributed by atoms with van der Waals surface area (Å²) in [5.74, 6) is 0. The number of hydrogen-bond donors (Lipinski definition) is 0. The molecule has 0 aliphatic rings. The van der Waals surface area contributed by atoms with Gasteiger partial charge in [-0.2, -0.15) is 0 Å². The Balaban J connectivity index is 0.773. The molecule has 0 aliphatic carbocycles. The molecule has 0 radical (unpaired) electrons. The van der Waals surface area contributed by atoms with Gasteiger partial charge in [-0.1, -0.05) is 285 Å². The van der Waals surface area contributed by atoms with Crippen molar-refractivity contribution in [1.29, 1.82) is 0 Å². The maximum Gasteiger partial charge on any atom is 0.143 e. The van der Waals surface area contributed by atoms with E-state index in [2.05, 4.69) is 303 Å². The average Bonchev–Trinajstić information content (AvgIpc) is 1.23. The summed E-state index contributed by atoms with van der Waals surface area (Å²) in [4.78, 5) is 0. The molecule has 0 atom stereocenters. The van der Waals surface area contributed by atoms with Crippen LogP contribution in [-0.4, -0.2) is 0 Å². The van der Waals surface area contributed by atoms with Gasteiger partial charge in [-0.05, 0) is 150 Å². The Labute approximate surface area is 495 Å². The standard InChI is InChI=1S/C84H50O2/c1-2-21-52(22-3-1)57-37-19-40-74-81-72(39-20-42-76(81)86-83(57)74)79-66-32-12-10-30-64(66)78(65-31-11-13-33-67(65)79)70-49-47-56(59-26-6-7-27-60(59)70)53-43-45-54(46-44-53)58-48-50-73(82-71-36-16-17-41-75(71)85-84(58)82)80-68-34-14-8-28-62(68)77(63-29-9-15-35-69(63)80)61-38-18-24-51-23-4-5-25-55(51)61/h1-50H. The van der Waals surface area contributed by atoms with E-state index in [-0.39, 0.29) is 0 Å². The third-order valence-corrected chi connectivity index (χ3v) is 18.3. The van der Waals surface area contributed by atoms with Crippen LogP contribution in [0.5, 0.6) is 0 Å². The fourth-order valence-corrected chi connectivity index (χ4v) is 14.6. The zero-order chi connectivity index (χ0) is 56.4. The van der Waals surface area contributed by atoms with E-state index >= 15 is 0 Å². The van der Waals surface area contributed by atoms with Gasteiger partial charge in [0.1, 0.15) is 22.3 Å². The van der Waals surface area contributed by atoms with Crippen LogP contribution in [0.4, 0.5) is 0 Å². The van der Waals surface area contributed by atoms with Crippen LogP contribution in [0.3, 0.4) is 0 Å². The van der Waals surface area contributed by atoms with Crippen molar-refractivity contribution in [1.82, 2.24) is 0 Å². The van der Waals surface area contributed by atoms with Crippen molar-refractivity contribution in [3.8, 4) is 77.9 Å². The second-order valence-corrected chi connectivity index (χ2v) is 22.8. The molecule has 0 saturated heterocycles. The van der Waals surface area contributed by atoms with Crippen LogP contribution in [0.25, 0.3) is 186 Å². The Morgan fingerprint density at radius 1 is 0.163 bits per heavy atom. The minimum absolute atomic E-state index is 0.872. The molecule has 2 heterocycles. The first kappa shape index (κ1) is 48.2. The van der Waals surface area contributed by atoms with E-state index in [0.717, 1.165) is 82.8 Å². The van der Waals surface area contributed by atoms with Crippen LogP contribution in [0, 0.1) is 0 Å². The summed E-state index contributed by atoms with van der Waals surface area (Å²) in [7, 11) is 0. The lowest BCUT2D eigenvalue weighted by molar-refractivity contribution is 0.669. The average molecular weight is 1090 g/mol. The zero-order valence-corrected chi connectivity index (χ0v) is 46.7. The van der Waals surface area contributed by atoms with Gasteiger partial charge in [0.05, 0.1) is 0 Å². The second kappa shape index (κ2) is 19.1. The van der Waals surface area contributed by atoms with E-state index in [1.54, 1.807) is 0 Å². The summed E-state index contributed by atoms with van der Waals surface area (Å²) in [5.41, 5.74) is 19.9. The molecule has 0 N–H and O–H groups in total. The first-order valence-corrected chi connectivity index (χ1v) is 29.6. The molecule has 0 fully saturated rings. The Kier molecular flexibility index (Phi) is 10.7. The van der Waals surface area contributed by atoms with Crippen molar-refractivity contribution < 1.29 is 8.83 Å². The van der Waals surface area contributed by atoms with Crippen molar-refractivity contribution in [2.24, 2.45) is 0 Å². The number of para-hydroxylation sites is 2. The highest BCUT2D eigenvalue weighted by Crippen LogP contribution is 2.52. The van der Waals surface area contributed by atoms with Gasteiger partial charge in [0.2, 0.25) is 0 Å². The molecule has 0 spiro atoms. The lowest BCUT2D eigenvalue weighted by Crippen LogP contribution is -1.93. The fourth-order valence-electron chi connectivity index (χ4n) is 14.6. The van der Waals surface area contributed by atoms with Crippen molar-refractivity contribution in [3.63, 3.8) is 0 Å². The topological polar surface area (TPSA) is 26.3 Å². The third-order valence-electron chi connectivity index (χ3n) is 18.3. The van der Waals surface area contributed by atoms with Gasteiger partial charge in [0.25, 0.3) is 0 Å². The van der Waals surface area contributed by atoms with Crippen molar-refractivity contribution in [2.45, 2.75) is 0 Å². The van der Waals surface area contributed by atoms with Crippen molar-refractivity contribution in [2.75, 3.05) is 0 Å². The number of fused-ring (bicyclic) bond motifs is 12. The molecular formula is C84H50O2. The normalized spacial score (nSPS) is 12.0. The summed E-state index contributed by atoms with van der Waals surface area (Å²) in [6, 6.07) is 111. The third kappa shape index (κ3) is 7.20. The highest BCUT2D eigenvalue weighted by molar-refractivity contribution is 6.30. The minimum Gasteiger partial charge on any atom is -0.455 e. The number of rotatable bonds is 7. The summed E-state index contributed by atoms with van der Waals surface area (Å²) in [6.07, 6.45) is 0. The number of hydrogen-bond acceptors (Lipinski definition) is 2. The zero-order valence-electron chi connectivity index (χ0n) is 46.7. The van der Waals surface area contributed by atoms with Crippen LogP contribution in [0.15, 0.2) is 312 Å². The molecule has 18 aromatic rings. The Hall–Kier alpha value is -11.3. The SMILES string of the molecule is c1ccc(-c2cccc3c2oc2cccc(-c4c5ccccc5c(-c5ccc(-c6ccc(-c7ccc(-c8c9ccccc9c(-c9cccc%10ccccc9%10)c9ccccc89)c8c7oc7ccccc78)cc6)c6ccccc56)c5ccccc45)c23)cc1. The summed E-state index contributed by atoms with van der Waals surface area (Å²) in [6.45, 7) is 0. The smallest absolute Gasteiger partial charge is 0.143 e. The van der Waals surface area contributed by atoms with Crippen LogP contribution in [0.1, 0.15) is 0 Å². The predicted molar refractivity (Wildman–Crippen MR) is 364 cm³/mol. The first-order chi connectivity index (χ1) is 42.7. The lowest BCUT2D eigenvalue weighted by atomic mass is 9.83. The lowest BCUT2D eigenvalue weighted by Gasteiger charge is -2.20. The van der Waals surface area contributed by atoms with Crippen LogP contribution in [-0.2, 0) is 0 Å². The molecule has 86 heavy (non-hydrogen) atoms. The molecule has 0 unspecified atom stereocenters. The molecule has 398 valence electrons. The van der Waals surface area contributed by atoms with Crippen LogP contribution < -0.4 is 0 Å². The maximum atomic E-state index is 7.03. The second-order valence-electron chi connectivity index (χ2n) is 22.8. The molecule has 0 aliphatic heterocycles. The van der Waals surface area contributed by atoms with Crippen LogP contribution in [0.2, 0.25) is 0 Å². The van der Waals surface area contributed by atoms with E-state index in [1.165, 1.54) is 104 Å². The molecule has 2 aromatic heterocycles. The maximum absolute atomic E-state index is 7.03. The van der Waals surface area contributed by atoms with E-state index in [4.69, 9.17) is 8.83 Å². The number of furan rings is 2. The molecular weight excluding hydrogens is 1040 g/mol. The summed E-state index contributed by atoms with van der Waals surface area (Å²) in [5, 5.41) is 19.1. The molecule has 2 nitrogen and oxygen atoms in total. The van der Waals surface area contributed by atoms with E-state index in [9.17, 15) is 0 Å². The van der Waals surface area contributed by atoms with Gasteiger partial charge >= 0.3 is 0 Å². The summed E-state index contributed by atoms with van der Waals surface area (Å²) >= 11 is 0. The monoisotopic (exact) mass is 1090 g/mol. The highest BCUT2D eigenvalue weighted by atomic mass is 16.3.